The average molecular weight is 378 g/mol. The topological polar surface area (TPSA) is 70.7 Å². The first-order valence-electron chi connectivity index (χ1n) is 7.96. The Bertz CT molecular complexity index is 938. The van der Waals surface area contributed by atoms with E-state index >= 15 is 0 Å². The number of amides is 1. The van der Waals surface area contributed by atoms with Crippen LogP contribution in [0, 0.1) is 5.82 Å². The van der Waals surface area contributed by atoms with Crippen LogP contribution in [0.1, 0.15) is 21.7 Å². The van der Waals surface area contributed by atoms with Crippen molar-refractivity contribution in [3.63, 3.8) is 0 Å². The molecular formula is C18H14F4N4O. The van der Waals surface area contributed by atoms with E-state index in [0.717, 1.165) is 11.6 Å². The first kappa shape index (κ1) is 18.6. The minimum atomic E-state index is -4.87. The van der Waals surface area contributed by atoms with Gasteiger partial charge in [0.2, 0.25) is 0 Å². The molecule has 0 radical (unpaired) electrons. The van der Waals surface area contributed by atoms with Crippen LogP contribution in [0.15, 0.2) is 48.5 Å². The number of alkyl halides is 3. The van der Waals surface area contributed by atoms with Crippen LogP contribution in [0.25, 0.3) is 11.4 Å². The van der Waals surface area contributed by atoms with E-state index in [1.54, 1.807) is 0 Å². The predicted molar refractivity (Wildman–Crippen MR) is 89.3 cm³/mol. The molecule has 0 bridgehead atoms. The van der Waals surface area contributed by atoms with Crippen LogP contribution in [-0.4, -0.2) is 27.6 Å². The molecule has 27 heavy (non-hydrogen) atoms. The summed E-state index contributed by atoms with van der Waals surface area (Å²) >= 11 is 0. The van der Waals surface area contributed by atoms with Gasteiger partial charge in [0.25, 0.3) is 5.91 Å². The first-order chi connectivity index (χ1) is 12.8. The van der Waals surface area contributed by atoms with Crippen molar-refractivity contribution >= 4 is 5.91 Å². The number of H-pyrrole nitrogens is 1. The molecule has 0 atom stereocenters. The van der Waals surface area contributed by atoms with Crippen molar-refractivity contribution in [1.82, 2.24) is 20.5 Å². The summed E-state index contributed by atoms with van der Waals surface area (Å²) in [6, 6.07) is 11.4. The third kappa shape index (κ3) is 4.49. The summed E-state index contributed by atoms with van der Waals surface area (Å²) in [5.74, 6) is -1.13. The van der Waals surface area contributed by atoms with Crippen molar-refractivity contribution in [1.29, 1.82) is 0 Å². The lowest BCUT2D eigenvalue weighted by Gasteiger charge is -2.10. The van der Waals surface area contributed by atoms with E-state index in [9.17, 15) is 22.4 Å². The molecule has 3 rings (SSSR count). The number of nitrogens with one attached hydrogen (secondary N) is 2. The van der Waals surface area contributed by atoms with Crippen LogP contribution < -0.4 is 5.32 Å². The van der Waals surface area contributed by atoms with Gasteiger partial charge in [-0.05, 0) is 18.2 Å². The summed E-state index contributed by atoms with van der Waals surface area (Å²) in [5.41, 5.74) is -0.917. The Morgan fingerprint density at radius 2 is 1.85 bits per heavy atom. The van der Waals surface area contributed by atoms with Crippen LogP contribution in [-0.2, 0) is 12.6 Å². The SMILES string of the molecule is O=C(NCCc1nc(-c2ccccc2)n[nH]1)c1ccc(F)c(C(F)(F)F)c1. The molecule has 1 aromatic heterocycles. The number of rotatable bonds is 5. The summed E-state index contributed by atoms with van der Waals surface area (Å²) in [7, 11) is 0. The molecule has 0 fully saturated rings. The lowest BCUT2D eigenvalue weighted by atomic mass is 10.1. The highest BCUT2D eigenvalue weighted by Gasteiger charge is 2.34. The average Bonchev–Trinajstić information content (AvgIpc) is 3.10. The first-order valence-corrected chi connectivity index (χ1v) is 7.96. The van der Waals surface area contributed by atoms with Crippen LogP contribution in [0.2, 0.25) is 0 Å². The van der Waals surface area contributed by atoms with Gasteiger partial charge in [-0.2, -0.15) is 18.3 Å². The molecule has 0 aliphatic heterocycles. The van der Waals surface area contributed by atoms with E-state index in [1.807, 2.05) is 30.3 Å². The second kappa shape index (κ2) is 7.56. The van der Waals surface area contributed by atoms with Gasteiger partial charge in [0.05, 0.1) is 5.56 Å². The van der Waals surface area contributed by atoms with Crippen molar-refractivity contribution in [2.45, 2.75) is 12.6 Å². The van der Waals surface area contributed by atoms with Crippen molar-refractivity contribution < 1.29 is 22.4 Å². The minimum absolute atomic E-state index is 0.126. The van der Waals surface area contributed by atoms with Gasteiger partial charge in [-0.1, -0.05) is 30.3 Å². The molecule has 2 aromatic carbocycles. The number of hydrogen-bond acceptors (Lipinski definition) is 3. The van der Waals surface area contributed by atoms with Crippen molar-refractivity contribution in [3.8, 4) is 11.4 Å². The van der Waals surface area contributed by atoms with Crippen molar-refractivity contribution in [2.24, 2.45) is 0 Å². The second-order valence-corrected chi connectivity index (χ2v) is 5.67. The van der Waals surface area contributed by atoms with Crippen molar-refractivity contribution in [3.05, 3.63) is 71.3 Å². The predicted octanol–water partition coefficient (Wildman–Crippen LogP) is 3.60. The molecular weight excluding hydrogens is 364 g/mol. The molecule has 9 heteroatoms. The number of halogens is 4. The summed E-state index contributed by atoms with van der Waals surface area (Å²) < 4.78 is 51.4. The minimum Gasteiger partial charge on any atom is -0.352 e. The normalized spacial score (nSPS) is 11.4. The molecule has 0 unspecified atom stereocenters. The van der Waals surface area contributed by atoms with Gasteiger partial charge >= 0.3 is 6.18 Å². The van der Waals surface area contributed by atoms with Gasteiger partial charge in [-0.25, -0.2) is 9.37 Å². The van der Waals surface area contributed by atoms with E-state index in [1.165, 1.54) is 0 Å². The number of aromatic nitrogens is 3. The fourth-order valence-corrected chi connectivity index (χ4v) is 2.40. The van der Waals surface area contributed by atoms with Crippen LogP contribution in [0.3, 0.4) is 0 Å². The highest BCUT2D eigenvalue weighted by atomic mass is 19.4. The number of aromatic amines is 1. The molecule has 2 N–H and O–H groups in total. The molecule has 5 nitrogen and oxygen atoms in total. The maximum absolute atomic E-state index is 13.3. The van der Waals surface area contributed by atoms with Crippen LogP contribution in [0.4, 0.5) is 17.6 Å². The Labute approximate surface area is 151 Å². The maximum atomic E-state index is 13.3. The van der Waals surface area contributed by atoms with Gasteiger partial charge in [0.15, 0.2) is 5.82 Å². The van der Waals surface area contributed by atoms with E-state index in [2.05, 4.69) is 20.5 Å². The monoisotopic (exact) mass is 378 g/mol. The number of hydrogen-bond donors (Lipinski definition) is 2. The van der Waals surface area contributed by atoms with E-state index in [4.69, 9.17) is 0 Å². The smallest absolute Gasteiger partial charge is 0.352 e. The third-order valence-corrected chi connectivity index (χ3v) is 3.75. The van der Waals surface area contributed by atoms with Gasteiger partial charge in [0, 0.05) is 24.1 Å². The maximum Gasteiger partial charge on any atom is 0.419 e. The molecule has 1 heterocycles. The molecule has 0 saturated heterocycles. The summed E-state index contributed by atoms with van der Waals surface area (Å²) in [6.07, 6.45) is -4.56. The second-order valence-electron chi connectivity index (χ2n) is 5.67. The largest absolute Gasteiger partial charge is 0.419 e. The van der Waals surface area contributed by atoms with Crippen molar-refractivity contribution in [2.75, 3.05) is 6.54 Å². The highest BCUT2D eigenvalue weighted by molar-refractivity contribution is 5.94. The Morgan fingerprint density at radius 1 is 1.11 bits per heavy atom. The lowest BCUT2D eigenvalue weighted by molar-refractivity contribution is -0.140. The molecule has 0 aliphatic rings. The molecule has 140 valence electrons. The Balaban J connectivity index is 1.60. The van der Waals surface area contributed by atoms with E-state index < -0.39 is 23.5 Å². The van der Waals surface area contributed by atoms with Gasteiger partial charge < -0.3 is 5.32 Å². The Hall–Kier alpha value is -3.23. The van der Waals surface area contributed by atoms with Crippen LogP contribution >= 0.6 is 0 Å². The molecule has 1 amide bonds. The number of carbonyl (C=O) groups is 1. The summed E-state index contributed by atoms with van der Waals surface area (Å²) in [4.78, 5) is 16.3. The molecule has 0 aliphatic carbocycles. The molecule has 0 spiro atoms. The fourth-order valence-electron chi connectivity index (χ4n) is 2.40. The standard InChI is InChI=1S/C18H14F4N4O/c19-14-7-6-12(10-13(14)18(20,21)22)17(27)23-9-8-15-24-16(26-25-15)11-4-2-1-3-5-11/h1-7,10H,8-9H2,(H,23,27)(H,24,25,26). The summed E-state index contributed by atoms with van der Waals surface area (Å²) in [6.45, 7) is 0.126. The van der Waals surface area contributed by atoms with Gasteiger partial charge in [-0.15, -0.1) is 0 Å². The van der Waals surface area contributed by atoms with Gasteiger partial charge in [-0.3, -0.25) is 9.89 Å². The Morgan fingerprint density at radius 3 is 2.56 bits per heavy atom. The van der Waals surface area contributed by atoms with E-state index in [-0.39, 0.29) is 12.1 Å². The number of nitrogens with zero attached hydrogens (tertiary/aromatic N) is 2. The van der Waals surface area contributed by atoms with Gasteiger partial charge in [0.1, 0.15) is 11.6 Å². The zero-order valence-corrected chi connectivity index (χ0v) is 13.8. The van der Waals surface area contributed by atoms with Crippen LogP contribution in [0.5, 0.6) is 0 Å². The zero-order chi connectivity index (χ0) is 19.4. The van der Waals surface area contributed by atoms with E-state index in [0.29, 0.717) is 30.2 Å². The molecule has 0 saturated carbocycles. The number of carbonyl (C=O) groups excluding carboxylic acids is 1. The Kier molecular flexibility index (Phi) is 5.20. The molecule has 3 aromatic rings. The lowest BCUT2D eigenvalue weighted by Crippen LogP contribution is -2.26. The summed E-state index contributed by atoms with van der Waals surface area (Å²) in [5, 5.41) is 9.30. The number of benzene rings is 2. The quantitative estimate of drug-likeness (QED) is 0.667. The fraction of sp³-hybridized carbons (Fsp3) is 0.167. The third-order valence-electron chi connectivity index (χ3n) is 3.75. The highest BCUT2D eigenvalue weighted by Crippen LogP contribution is 2.31. The zero-order valence-electron chi connectivity index (χ0n) is 13.8.